The second kappa shape index (κ2) is 4.97. The molecule has 3 aliphatic rings. The first-order valence-corrected chi connectivity index (χ1v) is 8.56. The van der Waals surface area contributed by atoms with E-state index in [2.05, 4.69) is 34.6 Å². The lowest BCUT2D eigenvalue weighted by atomic mass is 9.69. The van der Waals surface area contributed by atoms with Gasteiger partial charge in [-0.3, -0.25) is 4.79 Å². The van der Waals surface area contributed by atoms with Crippen LogP contribution >= 0.6 is 0 Å². The van der Waals surface area contributed by atoms with E-state index < -0.39 is 0 Å². The van der Waals surface area contributed by atoms with Crippen LogP contribution < -0.4 is 0 Å². The maximum absolute atomic E-state index is 11.7. The van der Waals surface area contributed by atoms with Crippen LogP contribution in [0.15, 0.2) is 0 Å². The molecular formula is C18H30O3. The summed E-state index contributed by atoms with van der Waals surface area (Å²) in [6.45, 7) is 11.2. The number of carbonyl (C=O) groups is 1. The van der Waals surface area contributed by atoms with Crippen molar-refractivity contribution in [1.82, 2.24) is 0 Å². The van der Waals surface area contributed by atoms with Gasteiger partial charge < -0.3 is 9.47 Å². The molecule has 0 aromatic heterocycles. The van der Waals surface area contributed by atoms with Crippen LogP contribution in [0.4, 0.5) is 0 Å². The average molecular weight is 294 g/mol. The van der Waals surface area contributed by atoms with E-state index >= 15 is 0 Å². The highest BCUT2D eigenvalue weighted by molar-refractivity contribution is 5.72. The SMILES string of the molecule is C[C@@H]1C[C@H]2OC(=O)C[C@H]2C[C@@]2(C)C1CC[C@@H]2OC(C)(C)C. The van der Waals surface area contributed by atoms with Crippen LogP contribution in [0.2, 0.25) is 0 Å². The monoisotopic (exact) mass is 294 g/mol. The molecule has 0 aromatic rings. The maximum atomic E-state index is 11.7. The first-order chi connectivity index (χ1) is 9.69. The predicted octanol–water partition coefficient (Wildman–Crippen LogP) is 3.95. The molecule has 1 saturated heterocycles. The van der Waals surface area contributed by atoms with Crippen LogP contribution in [0.3, 0.4) is 0 Å². The normalized spacial score (nSPS) is 46.7. The number of fused-ring (bicyclic) bond motifs is 2. The van der Waals surface area contributed by atoms with Crippen molar-refractivity contribution in [1.29, 1.82) is 0 Å². The molecule has 0 radical (unpaired) electrons. The second-order valence-corrected chi connectivity index (χ2v) is 8.82. The summed E-state index contributed by atoms with van der Waals surface area (Å²) in [6, 6.07) is 0. The number of hydrogen-bond donors (Lipinski definition) is 0. The van der Waals surface area contributed by atoms with Gasteiger partial charge in [-0.05, 0) is 63.7 Å². The molecule has 0 spiro atoms. The molecule has 3 heteroatoms. The van der Waals surface area contributed by atoms with Gasteiger partial charge in [0.2, 0.25) is 0 Å². The minimum Gasteiger partial charge on any atom is -0.462 e. The van der Waals surface area contributed by atoms with E-state index in [4.69, 9.17) is 9.47 Å². The minimum atomic E-state index is -0.0977. The molecule has 6 atom stereocenters. The number of hydrogen-bond acceptors (Lipinski definition) is 3. The average Bonchev–Trinajstić information content (AvgIpc) is 2.77. The Morgan fingerprint density at radius 3 is 2.67 bits per heavy atom. The largest absolute Gasteiger partial charge is 0.462 e. The smallest absolute Gasteiger partial charge is 0.306 e. The fourth-order valence-corrected chi connectivity index (χ4v) is 5.27. The predicted molar refractivity (Wildman–Crippen MR) is 81.8 cm³/mol. The highest BCUT2D eigenvalue weighted by Crippen LogP contribution is 2.57. The lowest BCUT2D eigenvalue weighted by Crippen LogP contribution is -2.41. The van der Waals surface area contributed by atoms with Crippen LogP contribution in [0.25, 0.3) is 0 Å². The van der Waals surface area contributed by atoms with E-state index in [1.807, 2.05) is 0 Å². The molecule has 0 bridgehead atoms. The molecule has 21 heavy (non-hydrogen) atoms. The standard InChI is InChI=1S/C18H30O3/c1-11-8-14-12(9-16(19)20-14)10-18(5)13(11)6-7-15(18)21-17(2,3)4/h11-15H,6-10H2,1-5H3/t11-,12+,13?,14-,15+,18+/m1/s1. The van der Waals surface area contributed by atoms with Crippen LogP contribution in [0.1, 0.15) is 66.7 Å². The van der Waals surface area contributed by atoms with Gasteiger partial charge in [0.1, 0.15) is 6.10 Å². The topological polar surface area (TPSA) is 35.5 Å². The molecule has 3 nitrogen and oxygen atoms in total. The van der Waals surface area contributed by atoms with E-state index in [-0.39, 0.29) is 23.1 Å². The van der Waals surface area contributed by atoms with E-state index in [0.29, 0.717) is 30.3 Å². The third-order valence-electron chi connectivity index (χ3n) is 6.05. The van der Waals surface area contributed by atoms with E-state index in [0.717, 1.165) is 19.3 Å². The van der Waals surface area contributed by atoms with Crippen LogP contribution in [-0.2, 0) is 14.3 Å². The fourth-order valence-electron chi connectivity index (χ4n) is 5.27. The molecule has 1 heterocycles. The van der Waals surface area contributed by atoms with Gasteiger partial charge in [-0.15, -0.1) is 0 Å². The third-order valence-corrected chi connectivity index (χ3v) is 6.05. The van der Waals surface area contributed by atoms with Crippen molar-refractivity contribution in [3.05, 3.63) is 0 Å². The van der Waals surface area contributed by atoms with Crippen LogP contribution in [0, 0.1) is 23.2 Å². The van der Waals surface area contributed by atoms with Gasteiger partial charge in [0.15, 0.2) is 0 Å². The zero-order valence-electron chi connectivity index (χ0n) is 14.1. The van der Waals surface area contributed by atoms with Gasteiger partial charge in [0.05, 0.1) is 18.1 Å². The molecule has 0 aromatic carbocycles. The van der Waals surface area contributed by atoms with Gasteiger partial charge in [0.25, 0.3) is 0 Å². The lowest BCUT2D eigenvalue weighted by molar-refractivity contribution is -0.142. The third kappa shape index (κ3) is 2.74. The molecule has 2 aliphatic carbocycles. The molecule has 3 rings (SSSR count). The highest BCUT2D eigenvalue weighted by Gasteiger charge is 2.55. The van der Waals surface area contributed by atoms with Crippen molar-refractivity contribution >= 4 is 5.97 Å². The molecular weight excluding hydrogens is 264 g/mol. The van der Waals surface area contributed by atoms with Gasteiger partial charge in [-0.1, -0.05) is 13.8 Å². The minimum absolute atomic E-state index is 0.00513. The zero-order valence-corrected chi connectivity index (χ0v) is 14.1. The van der Waals surface area contributed by atoms with Crippen molar-refractivity contribution in [3.63, 3.8) is 0 Å². The Hall–Kier alpha value is -0.570. The summed E-state index contributed by atoms with van der Waals surface area (Å²) in [5.41, 5.74) is 0.0968. The van der Waals surface area contributed by atoms with Crippen molar-refractivity contribution < 1.29 is 14.3 Å². The lowest BCUT2D eigenvalue weighted by Gasteiger charge is -2.41. The van der Waals surface area contributed by atoms with Crippen molar-refractivity contribution in [2.75, 3.05) is 0 Å². The molecule has 3 fully saturated rings. The molecule has 1 aliphatic heterocycles. The summed E-state index contributed by atoms with van der Waals surface area (Å²) in [6.07, 6.45) is 5.63. The fraction of sp³-hybridized carbons (Fsp3) is 0.944. The Bertz CT molecular complexity index is 425. The number of rotatable bonds is 1. The summed E-state index contributed by atoms with van der Waals surface area (Å²) in [5.74, 6) is 1.73. The number of carbonyl (C=O) groups excluding carboxylic acids is 1. The summed E-state index contributed by atoms with van der Waals surface area (Å²) in [5, 5.41) is 0. The first kappa shape index (κ1) is 15.3. The Balaban J connectivity index is 1.86. The van der Waals surface area contributed by atoms with Crippen molar-refractivity contribution in [2.24, 2.45) is 23.2 Å². The van der Waals surface area contributed by atoms with Crippen molar-refractivity contribution in [2.45, 2.75) is 84.5 Å². The van der Waals surface area contributed by atoms with E-state index in [1.165, 1.54) is 6.42 Å². The summed E-state index contributed by atoms with van der Waals surface area (Å²) in [7, 11) is 0. The molecule has 0 N–H and O–H groups in total. The van der Waals surface area contributed by atoms with E-state index in [9.17, 15) is 4.79 Å². The second-order valence-electron chi connectivity index (χ2n) is 8.82. The highest BCUT2D eigenvalue weighted by atomic mass is 16.6. The Morgan fingerprint density at radius 1 is 1.29 bits per heavy atom. The van der Waals surface area contributed by atoms with E-state index in [1.54, 1.807) is 0 Å². The van der Waals surface area contributed by atoms with Gasteiger partial charge >= 0.3 is 5.97 Å². The molecule has 120 valence electrons. The molecule has 0 amide bonds. The molecule has 1 unspecified atom stereocenters. The maximum Gasteiger partial charge on any atom is 0.306 e. The van der Waals surface area contributed by atoms with Crippen LogP contribution in [-0.4, -0.2) is 23.8 Å². The Labute approximate surface area is 128 Å². The molecule has 2 saturated carbocycles. The number of ether oxygens (including phenoxy) is 2. The van der Waals surface area contributed by atoms with Crippen LogP contribution in [0.5, 0.6) is 0 Å². The zero-order chi connectivity index (χ0) is 15.4. The Kier molecular flexibility index (Phi) is 3.63. The summed E-state index contributed by atoms with van der Waals surface area (Å²) >= 11 is 0. The first-order valence-electron chi connectivity index (χ1n) is 8.56. The van der Waals surface area contributed by atoms with Gasteiger partial charge in [-0.2, -0.15) is 0 Å². The van der Waals surface area contributed by atoms with Gasteiger partial charge in [0, 0.05) is 5.92 Å². The summed E-state index contributed by atoms with van der Waals surface area (Å²) < 4.78 is 12.0. The number of esters is 1. The van der Waals surface area contributed by atoms with Crippen molar-refractivity contribution in [3.8, 4) is 0 Å². The quantitative estimate of drug-likeness (QED) is 0.687. The Morgan fingerprint density at radius 2 is 2.00 bits per heavy atom. The summed E-state index contributed by atoms with van der Waals surface area (Å²) in [4.78, 5) is 11.7. The van der Waals surface area contributed by atoms with Gasteiger partial charge in [-0.25, -0.2) is 0 Å².